The van der Waals surface area contributed by atoms with Crippen molar-refractivity contribution in [2.45, 2.75) is 19.1 Å². The van der Waals surface area contributed by atoms with E-state index in [0.29, 0.717) is 5.02 Å². The van der Waals surface area contributed by atoms with Gasteiger partial charge in [0.25, 0.3) is 0 Å². The molecule has 1 atom stereocenters. The van der Waals surface area contributed by atoms with E-state index in [2.05, 4.69) is 16.9 Å². The summed E-state index contributed by atoms with van der Waals surface area (Å²) in [6.45, 7) is 3.17. The van der Waals surface area contributed by atoms with Gasteiger partial charge < -0.3 is 5.73 Å². The number of hydrogen-bond acceptors (Lipinski definition) is 3. The number of halogens is 2. The second-order valence-electron chi connectivity index (χ2n) is 3.77. The van der Waals surface area contributed by atoms with Crippen molar-refractivity contribution in [3.63, 3.8) is 0 Å². The molecular formula is C10H12Cl2N2O2S2. The van der Waals surface area contributed by atoms with Gasteiger partial charge >= 0.3 is 0 Å². The maximum Gasteiger partial charge on any atom is 0.241 e. The minimum atomic E-state index is -3.72. The number of nitrogens with one attached hydrogen (secondary N) is 1. The summed E-state index contributed by atoms with van der Waals surface area (Å²) in [6, 6.07) is 3.02. The molecule has 0 radical (unpaired) electrons. The van der Waals surface area contributed by atoms with E-state index < -0.39 is 15.3 Å². The van der Waals surface area contributed by atoms with Crippen molar-refractivity contribution in [1.29, 1.82) is 0 Å². The van der Waals surface area contributed by atoms with Gasteiger partial charge in [0.05, 0.1) is 15.7 Å². The molecule has 0 amide bonds. The Balaban J connectivity index is 3.13. The highest BCUT2D eigenvalue weighted by molar-refractivity contribution is 7.95. The third-order valence-corrected chi connectivity index (χ3v) is 5.28. The van der Waals surface area contributed by atoms with Crippen molar-refractivity contribution in [3.05, 3.63) is 27.7 Å². The van der Waals surface area contributed by atoms with Gasteiger partial charge in [-0.15, -0.1) is 0 Å². The normalized spacial score (nSPS) is 13.1. The van der Waals surface area contributed by atoms with Gasteiger partial charge in [0, 0.05) is 5.02 Å². The lowest BCUT2D eigenvalue weighted by atomic mass is 10.2. The highest BCUT2D eigenvalue weighted by Gasteiger charge is 2.24. The van der Waals surface area contributed by atoms with Gasteiger partial charge in [0.15, 0.2) is 0 Å². The van der Waals surface area contributed by atoms with E-state index in [0.717, 1.165) is 5.56 Å². The standard InChI is InChI=1S/C10H12Cl2N2O2S2/c1-5-3-8(12)9(4-7(5)11)14-18(15,16)6(2)10(13)17/h3-4,6,14H,1-2H3,(H2,13,17). The summed E-state index contributed by atoms with van der Waals surface area (Å²) in [5, 5.41) is -0.320. The topological polar surface area (TPSA) is 72.2 Å². The van der Waals surface area contributed by atoms with E-state index in [1.807, 2.05) is 0 Å². The highest BCUT2D eigenvalue weighted by Crippen LogP contribution is 2.29. The van der Waals surface area contributed by atoms with Crippen LogP contribution in [0.5, 0.6) is 0 Å². The molecule has 0 saturated carbocycles. The largest absolute Gasteiger partial charge is 0.392 e. The zero-order valence-electron chi connectivity index (χ0n) is 9.70. The van der Waals surface area contributed by atoms with Crippen LogP contribution >= 0.6 is 35.4 Å². The van der Waals surface area contributed by atoms with Crippen molar-refractivity contribution in [1.82, 2.24) is 0 Å². The van der Waals surface area contributed by atoms with E-state index in [4.69, 9.17) is 28.9 Å². The van der Waals surface area contributed by atoms with Gasteiger partial charge in [-0.1, -0.05) is 35.4 Å². The first-order valence-corrected chi connectivity index (χ1v) is 7.63. The van der Waals surface area contributed by atoms with Crippen LogP contribution in [0.4, 0.5) is 5.69 Å². The Bertz CT molecular complexity index is 588. The molecule has 3 N–H and O–H groups in total. The fourth-order valence-electron chi connectivity index (χ4n) is 1.12. The third-order valence-electron chi connectivity index (χ3n) is 2.37. The molecule has 1 aromatic carbocycles. The van der Waals surface area contributed by atoms with Gasteiger partial charge in [-0.25, -0.2) is 8.42 Å². The molecule has 0 aliphatic rings. The maximum atomic E-state index is 11.9. The lowest BCUT2D eigenvalue weighted by Crippen LogP contribution is -2.35. The van der Waals surface area contributed by atoms with Crippen LogP contribution in [0.2, 0.25) is 10.0 Å². The summed E-state index contributed by atoms with van der Waals surface area (Å²) in [5.41, 5.74) is 6.28. The number of benzene rings is 1. The van der Waals surface area contributed by atoms with Crippen molar-refractivity contribution in [3.8, 4) is 0 Å². The molecule has 0 heterocycles. The summed E-state index contributed by atoms with van der Waals surface area (Å²) in [5.74, 6) is 0. The third kappa shape index (κ3) is 3.47. The van der Waals surface area contributed by atoms with Gasteiger partial charge in [0.1, 0.15) is 5.25 Å². The van der Waals surface area contributed by atoms with E-state index in [9.17, 15) is 8.42 Å². The number of nitrogens with two attached hydrogens (primary N) is 1. The van der Waals surface area contributed by atoms with Crippen molar-refractivity contribution in [2.75, 3.05) is 4.72 Å². The van der Waals surface area contributed by atoms with Crippen LogP contribution in [0.25, 0.3) is 0 Å². The van der Waals surface area contributed by atoms with E-state index in [1.54, 1.807) is 13.0 Å². The SMILES string of the molecule is Cc1cc(Cl)c(NS(=O)(=O)C(C)C(N)=S)cc1Cl. The Labute approximate surface area is 122 Å². The number of anilines is 1. The molecule has 0 saturated heterocycles. The Morgan fingerprint density at radius 1 is 1.39 bits per heavy atom. The second-order valence-corrected chi connectivity index (χ2v) is 7.06. The number of rotatable bonds is 4. The Morgan fingerprint density at radius 2 is 1.94 bits per heavy atom. The minimum Gasteiger partial charge on any atom is -0.392 e. The van der Waals surface area contributed by atoms with Crippen LogP contribution in [-0.4, -0.2) is 18.7 Å². The first-order valence-electron chi connectivity index (χ1n) is 4.91. The number of aryl methyl sites for hydroxylation is 1. The van der Waals surface area contributed by atoms with Gasteiger partial charge in [-0.3, -0.25) is 4.72 Å². The van der Waals surface area contributed by atoms with Crippen LogP contribution in [0.3, 0.4) is 0 Å². The molecule has 4 nitrogen and oxygen atoms in total. The fraction of sp³-hybridized carbons (Fsp3) is 0.300. The predicted molar refractivity (Wildman–Crippen MR) is 80.0 cm³/mol. The van der Waals surface area contributed by atoms with E-state index in [1.165, 1.54) is 13.0 Å². The fourth-order valence-corrected chi connectivity index (χ4v) is 2.94. The Hall–Kier alpha value is -0.560. The average molecular weight is 327 g/mol. The molecule has 18 heavy (non-hydrogen) atoms. The molecule has 1 aromatic rings. The first-order chi connectivity index (χ1) is 8.15. The quantitative estimate of drug-likeness (QED) is 0.834. The van der Waals surface area contributed by atoms with Crippen LogP contribution in [0.1, 0.15) is 12.5 Å². The summed E-state index contributed by atoms with van der Waals surface area (Å²) in [4.78, 5) is -0.114. The number of hydrogen-bond donors (Lipinski definition) is 2. The smallest absolute Gasteiger partial charge is 0.241 e. The van der Waals surface area contributed by atoms with Crippen molar-refractivity contribution in [2.24, 2.45) is 5.73 Å². The Kier molecular flexibility index (Phi) is 4.83. The molecule has 0 aliphatic carbocycles. The number of sulfonamides is 1. The molecule has 0 aliphatic heterocycles. The molecule has 0 bridgehead atoms. The monoisotopic (exact) mass is 326 g/mol. The molecular weight excluding hydrogens is 315 g/mol. The minimum absolute atomic E-state index is 0.114. The lowest BCUT2D eigenvalue weighted by Gasteiger charge is -2.15. The number of thiocarbonyl (C=S) groups is 1. The predicted octanol–water partition coefficient (Wildman–Crippen LogP) is 2.72. The van der Waals surface area contributed by atoms with Crippen LogP contribution in [0, 0.1) is 6.92 Å². The molecule has 0 spiro atoms. The zero-order chi connectivity index (χ0) is 14.1. The lowest BCUT2D eigenvalue weighted by molar-refractivity contribution is 0.598. The second kappa shape index (κ2) is 5.61. The van der Waals surface area contributed by atoms with Crippen LogP contribution in [-0.2, 0) is 10.0 Å². The van der Waals surface area contributed by atoms with Crippen molar-refractivity contribution < 1.29 is 8.42 Å². The maximum absolute atomic E-state index is 11.9. The van der Waals surface area contributed by atoms with Crippen LogP contribution < -0.4 is 10.5 Å². The van der Waals surface area contributed by atoms with E-state index >= 15 is 0 Å². The molecule has 1 unspecified atom stereocenters. The first kappa shape index (κ1) is 15.5. The van der Waals surface area contributed by atoms with Crippen LogP contribution in [0.15, 0.2) is 12.1 Å². The molecule has 0 aromatic heterocycles. The van der Waals surface area contributed by atoms with E-state index in [-0.39, 0.29) is 15.7 Å². The Morgan fingerprint density at radius 3 is 2.44 bits per heavy atom. The molecule has 1 rings (SSSR count). The summed E-state index contributed by atoms with van der Waals surface area (Å²) in [7, 11) is -3.72. The molecule has 0 fully saturated rings. The van der Waals surface area contributed by atoms with Gasteiger partial charge in [-0.2, -0.15) is 0 Å². The highest BCUT2D eigenvalue weighted by atomic mass is 35.5. The van der Waals surface area contributed by atoms with Gasteiger partial charge in [-0.05, 0) is 31.5 Å². The summed E-state index contributed by atoms with van der Waals surface area (Å²) < 4.78 is 26.1. The molecule has 100 valence electrons. The summed E-state index contributed by atoms with van der Waals surface area (Å²) in [6.07, 6.45) is 0. The average Bonchev–Trinajstić information content (AvgIpc) is 2.24. The van der Waals surface area contributed by atoms with Gasteiger partial charge in [0.2, 0.25) is 10.0 Å². The summed E-state index contributed by atoms with van der Waals surface area (Å²) >= 11 is 16.5. The van der Waals surface area contributed by atoms with Crippen molar-refractivity contribution >= 4 is 56.1 Å². The molecule has 8 heteroatoms. The zero-order valence-corrected chi connectivity index (χ0v) is 12.8.